The van der Waals surface area contributed by atoms with Crippen LogP contribution in [0.15, 0.2) is 36.0 Å². The first-order chi connectivity index (χ1) is 7.61. The highest BCUT2D eigenvalue weighted by atomic mass is 16.2. The Kier molecular flexibility index (Phi) is 4.53. The molecule has 0 aromatic carbocycles. The first kappa shape index (κ1) is 12.8. The van der Waals surface area contributed by atoms with Gasteiger partial charge in [-0.3, -0.25) is 4.79 Å². The van der Waals surface area contributed by atoms with Gasteiger partial charge in [-0.1, -0.05) is 24.8 Å². The molecular formula is C14H21NO. The van der Waals surface area contributed by atoms with E-state index in [0.717, 1.165) is 30.5 Å². The van der Waals surface area contributed by atoms with Crippen LogP contribution in [0, 0.1) is 0 Å². The molecule has 1 aliphatic heterocycles. The Morgan fingerprint density at radius 1 is 1.50 bits per heavy atom. The summed E-state index contributed by atoms with van der Waals surface area (Å²) in [6.07, 6.45) is 7.79. The number of nitrogens with zero attached hydrogens (tertiary/aromatic N) is 1. The normalized spacial score (nSPS) is 22.4. The van der Waals surface area contributed by atoms with Crippen molar-refractivity contribution in [1.29, 1.82) is 0 Å². The van der Waals surface area contributed by atoms with Crippen molar-refractivity contribution in [2.75, 3.05) is 6.54 Å². The van der Waals surface area contributed by atoms with Crippen LogP contribution in [0.1, 0.15) is 33.6 Å². The number of carbonyl (C=O) groups is 1. The van der Waals surface area contributed by atoms with Gasteiger partial charge in [0.05, 0.1) is 0 Å². The zero-order chi connectivity index (χ0) is 12.1. The lowest BCUT2D eigenvalue weighted by atomic mass is 10.1. The van der Waals surface area contributed by atoms with Gasteiger partial charge in [0, 0.05) is 18.2 Å². The summed E-state index contributed by atoms with van der Waals surface area (Å²) in [5.41, 5.74) is 1.72. The maximum absolute atomic E-state index is 12.3. The van der Waals surface area contributed by atoms with Crippen LogP contribution in [0.25, 0.3) is 0 Å². The van der Waals surface area contributed by atoms with Gasteiger partial charge in [0.25, 0.3) is 5.91 Å². The van der Waals surface area contributed by atoms with Crippen molar-refractivity contribution in [2.45, 2.75) is 39.7 Å². The molecule has 0 aromatic heterocycles. The van der Waals surface area contributed by atoms with E-state index in [9.17, 15) is 4.79 Å². The van der Waals surface area contributed by atoms with Crippen LogP contribution in [0.2, 0.25) is 0 Å². The summed E-state index contributed by atoms with van der Waals surface area (Å²) in [6, 6.07) is 0.362. The van der Waals surface area contributed by atoms with Gasteiger partial charge in [-0.15, -0.1) is 0 Å². The quantitative estimate of drug-likeness (QED) is 0.527. The van der Waals surface area contributed by atoms with Crippen molar-refractivity contribution < 1.29 is 4.79 Å². The number of amides is 1. The Balaban J connectivity index is 2.93. The molecule has 1 rings (SSSR count). The summed E-state index contributed by atoms with van der Waals surface area (Å²) in [5, 5.41) is 0. The van der Waals surface area contributed by atoms with Crippen molar-refractivity contribution in [3.8, 4) is 0 Å². The third-order valence-electron chi connectivity index (χ3n) is 3.09. The van der Waals surface area contributed by atoms with Crippen molar-refractivity contribution in [2.24, 2.45) is 0 Å². The predicted molar refractivity (Wildman–Crippen MR) is 68.1 cm³/mol. The number of likely N-dealkylation sites (tertiary alicyclic amines) is 1. The van der Waals surface area contributed by atoms with Gasteiger partial charge >= 0.3 is 0 Å². The molecule has 1 saturated heterocycles. The zero-order valence-corrected chi connectivity index (χ0v) is 10.5. The second kappa shape index (κ2) is 5.69. The molecule has 0 N–H and O–H groups in total. The van der Waals surface area contributed by atoms with Crippen LogP contribution in [0.4, 0.5) is 0 Å². The monoisotopic (exact) mass is 219 g/mol. The van der Waals surface area contributed by atoms with E-state index >= 15 is 0 Å². The number of carbonyl (C=O) groups excluding carboxylic acids is 1. The fraction of sp³-hybridized carbons (Fsp3) is 0.500. The van der Waals surface area contributed by atoms with E-state index in [0.29, 0.717) is 6.04 Å². The van der Waals surface area contributed by atoms with E-state index in [1.54, 1.807) is 6.08 Å². The van der Waals surface area contributed by atoms with Crippen LogP contribution in [-0.4, -0.2) is 23.4 Å². The molecule has 0 aliphatic carbocycles. The molecule has 0 aromatic rings. The minimum absolute atomic E-state index is 0.121. The fourth-order valence-corrected chi connectivity index (χ4v) is 2.15. The highest BCUT2D eigenvalue weighted by Gasteiger charge is 2.26. The van der Waals surface area contributed by atoms with Crippen LogP contribution >= 0.6 is 0 Å². The van der Waals surface area contributed by atoms with Crippen LogP contribution in [0.3, 0.4) is 0 Å². The third kappa shape index (κ3) is 2.63. The molecule has 1 amide bonds. The maximum Gasteiger partial charge on any atom is 0.254 e. The molecule has 16 heavy (non-hydrogen) atoms. The van der Waals surface area contributed by atoms with Gasteiger partial charge in [0.15, 0.2) is 0 Å². The molecule has 1 aliphatic rings. The Labute approximate surface area is 98.3 Å². The molecule has 0 radical (unpaired) electrons. The molecule has 1 unspecified atom stereocenters. The summed E-state index contributed by atoms with van der Waals surface area (Å²) in [6.45, 7) is 10.6. The fourth-order valence-electron chi connectivity index (χ4n) is 2.15. The summed E-state index contributed by atoms with van der Waals surface area (Å²) in [4.78, 5) is 14.2. The van der Waals surface area contributed by atoms with Gasteiger partial charge in [0.2, 0.25) is 0 Å². The van der Waals surface area contributed by atoms with Gasteiger partial charge in [-0.05, 0) is 39.2 Å². The van der Waals surface area contributed by atoms with Crippen LogP contribution in [-0.2, 0) is 4.79 Å². The summed E-state index contributed by atoms with van der Waals surface area (Å²) >= 11 is 0. The van der Waals surface area contributed by atoms with Gasteiger partial charge in [-0.2, -0.15) is 0 Å². The minimum Gasteiger partial charge on any atom is -0.336 e. The van der Waals surface area contributed by atoms with E-state index in [4.69, 9.17) is 0 Å². The highest BCUT2D eigenvalue weighted by Crippen LogP contribution is 2.21. The SMILES string of the molecule is C=C/C(C(=O)N1CCCC1C)=C(C)\C=C/C. The highest BCUT2D eigenvalue weighted by molar-refractivity contribution is 5.97. The average molecular weight is 219 g/mol. The van der Waals surface area contributed by atoms with E-state index in [1.807, 2.05) is 30.9 Å². The minimum atomic E-state index is 0.121. The lowest BCUT2D eigenvalue weighted by molar-refractivity contribution is -0.127. The Morgan fingerprint density at radius 3 is 2.62 bits per heavy atom. The summed E-state index contributed by atoms with van der Waals surface area (Å²) < 4.78 is 0. The Hall–Kier alpha value is -1.31. The topological polar surface area (TPSA) is 20.3 Å². The molecule has 0 spiro atoms. The first-order valence-corrected chi connectivity index (χ1v) is 5.88. The second-order valence-electron chi connectivity index (χ2n) is 4.29. The molecule has 1 atom stereocenters. The van der Waals surface area contributed by atoms with Crippen molar-refractivity contribution >= 4 is 5.91 Å². The van der Waals surface area contributed by atoms with Gasteiger partial charge in [-0.25, -0.2) is 0 Å². The molecule has 1 fully saturated rings. The lowest BCUT2D eigenvalue weighted by Crippen LogP contribution is -2.34. The number of allylic oxidation sites excluding steroid dienone is 3. The second-order valence-corrected chi connectivity index (χ2v) is 4.29. The zero-order valence-electron chi connectivity index (χ0n) is 10.5. The largest absolute Gasteiger partial charge is 0.336 e. The van der Waals surface area contributed by atoms with Crippen LogP contribution in [0.5, 0.6) is 0 Å². The Morgan fingerprint density at radius 2 is 2.19 bits per heavy atom. The number of hydrogen-bond acceptors (Lipinski definition) is 1. The van der Waals surface area contributed by atoms with E-state index < -0.39 is 0 Å². The molecule has 0 bridgehead atoms. The molecule has 88 valence electrons. The van der Waals surface area contributed by atoms with Gasteiger partial charge in [0.1, 0.15) is 0 Å². The first-order valence-electron chi connectivity index (χ1n) is 5.88. The van der Waals surface area contributed by atoms with Crippen molar-refractivity contribution in [1.82, 2.24) is 4.90 Å². The van der Waals surface area contributed by atoms with Crippen LogP contribution < -0.4 is 0 Å². The summed E-state index contributed by atoms with van der Waals surface area (Å²) in [7, 11) is 0. The number of hydrogen-bond donors (Lipinski definition) is 0. The number of rotatable bonds is 3. The summed E-state index contributed by atoms with van der Waals surface area (Å²) in [5.74, 6) is 0.121. The van der Waals surface area contributed by atoms with Crippen molar-refractivity contribution in [3.05, 3.63) is 36.0 Å². The van der Waals surface area contributed by atoms with Gasteiger partial charge < -0.3 is 4.90 Å². The Bertz CT molecular complexity index is 339. The molecule has 0 saturated carbocycles. The van der Waals surface area contributed by atoms with E-state index in [2.05, 4.69) is 13.5 Å². The molecule has 1 heterocycles. The van der Waals surface area contributed by atoms with E-state index in [1.165, 1.54) is 0 Å². The predicted octanol–water partition coefficient (Wildman–Crippen LogP) is 3.08. The molecule has 2 nitrogen and oxygen atoms in total. The standard InChI is InChI=1S/C14H21NO/c1-5-8-11(3)13(6-2)14(16)15-10-7-9-12(15)4/h5-6,8,12H,2,7,9-10H2,1,3-4H3/b8-5-,13-11+. The maximum atomic E-state index is 12.3. The third-order valence-corrected chi connectivity index (χ3v) is 3.09. The van der Waals surface area contributed by atoms with E-state index in [-0.39, 0.29) is 5.91 Å². The average Bonchev–Trinajstić information content (AvgIpc) is 2.65. The van der Waals surface area contributed by atoms with Crippen molar-refractivity contribution in [3.63, 3.8) is 0 Å². The molecule has 2 heteroatoms. The smallest absolute Gasteiger partial charge is 0.254 e. The molecular weight excluding hydrogens is 198 g/mol. The lowest BCUT2D eigenvalue weighted by Gasteiger charge is -2.22.